The molecule has 0 bridgehead atoms. The fraction of sp³-hybridized carbons (Fsp3) is 0.0769. The molecular formula is C13H13NS. The second-order valence-electron chi connectivity index (χ2n) is 3.45. The minimum absolute atomic E-state index is 0.764. The molecule has 1 nitrogen and oxygen atoms in total. The smallest absolute Gasteiger partial charge is 0.0320 e. The molecule has 0 aliphatic rings. The van der Waals surface area contributed by atoms with Crippen LogP contribution in [0.5, 0.6) is 0 Å². The lowest BCUT2D eigenvalue weighted by Gasteiger charge is -2.00. The van der Waals surface area contributed by atoms with Crippen LogP contribution in [0.3, 0.4) is 0 Å². The normalized spacial score (nSPS) is 11.3. The van der Waals surface area contributed by atoms with Gasteiger partial charge in [-0.05, 0) is 34.5 Å². The zero-order valence-corrected chi connectivity index (χ0v) is 9.24. The van der Waals surface area contributed by atoms with E-state index in [1.165, 1.54) is 16.3 Å². The van der Waals surface area contributed by atoms with E-state index in [1.54, 1.807) is 0 Å². The number of hydrogen-bond acceptors (Lipinski definition) is 2. The number of thiol groups is 1. The summed E-state index contributed by atoms with van der Waals surface area (Å²) in [6.45, 7) is 0. The van der Waals surface area contributed by atoms with Crippen molar-refractivity contribution in [2.75, 3.05) is 11.5 Å². The van der Waals surface area contributed by atoms with Gasteiger partial charge in [-0.1, -0.05) is 30.4 Å². The molecule has 0 aromatic heterocycles. The molecule has 0 heterocycles. The molecule has 15 heavy (non-hydrogen) atoms. The zero-order chi connectivity index (χ0) is 10.7. The number of nitrogen functional groups attached to an aromatic ring is 1. The molecule has 0 saturated carbocycles. The molecule has 0 aliphatic heterocycles. The molecule has 0 fully saturated rings. The van der Waals surface area contributed by atoms with Gasteiger partial charge in [0, 0.05) is 11.4 Å². The van der Waals surface area contributed by atoms with Crippen molar-refractivity contribution in [2.24, 2.45) is 0 Å². The monoisotopic (exact) mass is 215 g/mol. The highest BCUT2D eigenvalue weighted by Crippen LogP contribution is 2.19. The van der Waals surface area contributed by atoms with Gasteiger partial charge in [0.1, 0.15) is 0 Å². The SMILES string of the molecule is Nc1ccc2cc(C=CCS)ccc2c1. The maximum absolute atomic E-state index is 5.72. The quantitative estimate of drug-likeness (QED) is 0.583. The van der Waals surface area contributed by atoms with Gasteiger partial charge in [-0.25, -0.2) is 0 Å². The molecule has 0 radical (unpaired) electrons. The molecule has 2 aromatic rings. The Morgan fingerprint density at radius 1 is 1.07 bits per heavy atom. The summed E-state index contributed by atoms with van der Waals surface area (Å²) in [6, 6.07) is 12.3. The second kappa shape index (κ2) is 4.41. The maximum Gasteiger partial charge on any atom is 0.0320 e. The van der Waals surface area contributed by atoms with Crippen molar-refractivity contribution in [3.05, 3.63) is 48.0 Å². The molecule has 2 N–H and O–H groups in total. The van der Waals surface area contributed by atoms with E-state index < -0.39 is 0 Å². The van der Waals surface area contributed by atoms with Crippen LogP contribution in [0, 0.1) is 0 Å². The first-order valence-corrected chi connectivity index (χ1v) is 5.49. The summed E-state index contributed by atoms with van der Waals surface area (Å²) in [6.07, 6.45) is 4.10. The summed E-state index contributed by atoms with van der Waals surface area (Å²) >= 11 is 4.13. The number of anilines is 1. The molecular weight excluding hydrogens is 202 g/mol. The van der Waals surface area contributed by atoms with Gasteiger partial charge in [0.2, 0.25) is 0 Å². The van der Waals surface area contributed by atoms with Crippen LogP contribution in [0.1, 0.15) is 5.56 Å². The number of benzene rings is 2. The first-order chi connectivity index (χ1) is 7.29. The van der Waals surface area contributed by atoms with E-state index >= 15 is 0 Å². The highest BCUT2D eigenvalue weighted by Gasteiger charge is 1.94. The third-order valence-corrected chi connectivity index (χ3v) is 2.51. The lowest BCUT2D eigenvalue weighted by Crippen LogP contribution is -1.83. The molecule has 0 aliphatic carbocycles. The summed E-state index contributed by atoms with van der Waals surface area (Å²) in [5, 5.41) is 2.39. The predicted molar refractivity (Wildman–Crippen MR) is 71.2 cm³/mol. The maximum atomic E-state index is 5.72. The second-order valence-corrected chi connectivity index (χ2v) is 3.82. The molecule has 2 heteroatoms. The Hall–Kier alpha value is -1.41. The lowest BCUT2D eigenvalue weighted by molar-refractivity contribution is 1.68. The molecule has 2 rings (SSSR count). The number of rotatable bonds is 2. The van der Waals surface area contributed by atoms with Crippen molar-refractivity contribution in [3.63, 3.8) is 0 Å². The van der Waals surface area contributed by atoms with E-state index in [4.69, 9.17) is 5.73 Å². The Kier molecular flexibility index (Phi) is 2.97. The van der Waals surface area contributed by atoms with Crippen LogP contribution in [0.25, 0.3) is 16.8 Å². The van der Waals surface area contributed by atoms with Gasteiger partial charge < -0.3 is 5.73 Å². The fourth-order valence-corrected chi connectivity index (χ4v) is 1.68. The topological polar surface area (TPSA) is 26.0 Å². The molecule has 0 unspecified atom stereocenters. The zero-order valence-electron chi connectivity index (χ0n) is 8.35. The van der Waals surface area contributed by atoms with Crippen molar-refractivity contribution in [1.29, 1.82) is 0 Å². The van der Waals surface area contributed by atoms with Crippen LogP contribution < -0.4 is 5.73 Å². The number of fused-ring (bicyclic) bond motifs is 1. The van der Waals surface area contributed by atoms with Crippen molar-refractivity contribution in [1.82, 2.24) is 0 Å². The summed E-state index contributed by atoms with van der Waals surface area (Å²) in [5.41, 5.74) is 7.72. The van der Waals surface area contributed by atoms with E-state index in [9.17, 15) is 0 Å². The van der Waals surface area contributed by atoms with Crippen LogP contribution in [0.4, 0.5) is 5.69 Å². The molecule has 0 atom stereocenters. The van der Waals surface area contributed by atoms with Gasteiger partial charge in [0.25, 0.3) is 0 Å². The van der Waals surface area contributed by atoms with Gasteiger partial charge in [-0.2, -0.15) is 12.6 Å². The number of nitrogens with two attached hydrogens (primary N) is 1. The third-order valence-electron chi connectivity index (χ3n) is 2.30. The third kappa shape index (κ3) is 2.34. The van der Waals surface area contributed by atoms with E-state index in [-0.39, 0.29) is 0 Å². The molecule has 0 saturated heterocycles. The number of hydrogen-bond donors (Lipinski definition) is 2. The van der Waals surface area contributed by atoms with Crippen molar-refractivity contribution in [3.8, 4) is 0 Å². The van der Waals surface area contributed by atoms with Gasteiger partial charge in [0.05, 0.1) is 0 Å². The van der Waals surface area contributed by atoms with E-state index in [2.05, 4.69) is 36.9 Å². The molecule has 2 aromatic carbocycles. The first kappa shape index (κ1) is 10.1. The van der Waals surface area contributed by atoms with Gasteiger partial charge in [0.15, 0.2) is 0 Å². The van der Waals surface area contributed by atoms with Gasteiger partial charge in [-0.15, -0.1) is 0 Å². The van der Waals surface area contributed by atoms with Crippen LogP contribution >= 0.6 is 12.6 Å². The molecule has 0 spiro atoms. The van der Waals surface area contributed by atoms with E-state index in [0.29, 0.717) is 0 Å². The summed E-state index contributed by atoms with van der Waals surface area (Å²) in [4.78, 5) is 0. The van der Waals surface area contributed by atoms with Crippen LogP contribution in [-0.4, -0.2) is 5.75 Å². The Bertz CT molecular complexity index is 503. The largest absolute Gasteiger partial charge is 0.399 e. The minimum Gasteiger partial charge on any atom is -0.399 e. The summed E-state index contributed by atoms with van der Waals surface area (Å²) < 4.78 is 0. The van der Waals surface area contributed by atoms with E-state index in [0.717, 1.165) is 11.4 Å². The molecule has 76 valence electrons. The predicted octanol–water partition coefficient (Wildman–Crippen LogP) is 3.37. The van der Waals surface area contributed by atoms with Crippen LogP contribution in [-0.2, 0) is 0 Å². The summed E-state index contributed by atoms with van der Waals surface area (Å²) in [7, 11) is 0. The van der Waals surface area contributed by atoms with Gasteiger partial charge in [-0.3, -0.25) is 0 Å². The Balaban J connectivity index is 2.47. The highest BCUT2D eigenvalue weighted by molar-refractivity contribution is 7.80. The lowest BCUT2D eigenvalue weighted by atomic mass is 10.1. The average molecular weight is 215 g/mol. The highest BCUT2D eigenvalue weighted by atomic mass is 32.1. The van der Waals surface area contributed by atoms with E-state index in [1.807, 2.05) is 24.3 Å². The Labute approximate surface area is 95.0 Å². The Morgan fingerprint density at radius 2 is 1.80 bits per heavy atom. The van der Waals surface area contributed by atoms with Crippen LogP contribution in [0.15, 0.2) is 42.5 Å². The van der Waals surface area contributed by atoms with Crippen LogP contribution in [0.2, 0.25) is 0 Å². The Morgan fingerprint density at radius 3 is 2.60 bits per heavy atom. The minimum atomic E-state index is 0.764. The first-order valence-electron chi connectivity index (χ1n) is 4.86. The fourth-order valence-electron chi connectivity index (χ4n) is 1.58. The average Bonchev–Trinajstić information content (AvgIpc) is 2.26. The van der Waals surface area contributed by atoms with Crippen molar-refractivity contribution in [2.45, 2.75) is 0 Å². The van der Waals surface area contributed by atoms with Crippen molar-refractivity contribution < 1.29 is 0 Å². The standard InChI is InChI=1S/C13H13NS/c14-13-6-5-11-8-10(2-1-7-15)3-4-12(11)9-13/h1-6,8-9,15H,7,14H2. The summed E-state index contributed by atoms with van der Waals surface area (Å²) in [5.74, 6) is 0.764. The molecule has 0 amide bonds. The van der Waals surface area contributed by atoms with Gasteiger partial charge >= 0.3 is 0 Å². The van der Waals surface area contributed by atoms with Crippen molar-refractivity contribution >= 4 is 35.2 Å².